The van der Waals surface area contributed by atoms with Gasteiger partial charge >= 0.3 is 0 Å². The molecule has 0 bridgehead atoms. The lowest BCUT2D eigenvalue weighted by molar-refractivity contribution is 0.0763. The molecule has 1 aliphatic rings. The van der Waals surface area contributed by atoms with E-state index in [9.17, 15) is 9.59 Å². The van der Waals surface area contributed by atoms with E-state index in [0.29, 0.717) is 43.1 Å². The predicted octanol–water partition coefficient (Wildman–Crippen LogP) is 0.766. The topological polar surface area (TPSA) is 80.1 Å². The molecule has 7 nitrogen and oxygen atoms in total. The van der Waals surface area contributed by atoms with Crippen molar-refractivity contribution < 1.29 is 4.79 Å². The fraction of sp³-hybridized carbons (Fsp3) is 0.412. The first-order valence-corrected chi connectivity index (χ1v) is 7.99. The highest BCUT2D eigenvalue weighted by molar-refractivity contribution is 5.94. The average Bonchev–Trinajstić information content (AvgIpc) is 2.82. The number of carbonyl (C=O) groups excluding carboxylic acids is 1. The van der Waals surface area contributed by atoms with Crippen molar-refractivity contribution in [2.45, 2.75) is 19.8 Å². The van der Waals surface area contributed by atoms with Gasteiger partial charge in [-0.3, -0.25) is 14.2 Å². The molecule has 3 heterocycles. The third kappa shape index (κ3) is 2.89. The van der Waals surface area contributed by atoms with E-state index in [-0.39, 0.29) is 11.5 Å². The molecule has 0 saturated carbocycles. The van der Waals surface area contributed by atoms with Gasteiger partial charge in [0, 0.05) is 50.9 Å². The van der Waals surface area contributed by atoms with Crippen molar-refractivity contribution in [3.8, 4) is 0 Å². The molecule has 0 spiro atoms. The summed E-state index contributed by atoms with van der Waals surface area (Å²) in [6.45, 7) is 2.90. The normalized spacial score (nSPS) is 14.0. The van der Waals surface area contributed by atoms with Crippen LogP contribution < -0.4 is 10.9 Å². The van der Waals surface area contributed by atoms with E-state index in [1.807, 2.05) is 6.92 Å². The minimum Gasteiger partial charge on any atom is -0.373 e. The van der Waals surface area contributed by atoms with Crippen LogP contribution in [-0.4, -0.2) is 45.5 Å². The second-order valence-electron chi connectivity index (χ2n) is 5.92. The quantitative estimate of drug-likeness (QED) is 0.881. The van der Waals surface area contributed by atoms with Gasteiger partial charge in [0.05, 0.1) is 5.69 Å². The molecule has 1 amide bonds. The monoisotopic (exact) mass is 327 g/mol. The van der Waals surface area contributed by atoms with Crippen LogP contribution in [0.2, 0.25) is 0 Å². The zero-order valence-electron chi connectivity index (χ0n) is 14.2. The summed E-state index contributed by atoms with van der Waals surface area (Å²) in [4.78, 5) is 35.6. The van der Waals surface area contributed by atoms with Crippen LogP contribution >= 0.6 is 0 Å². The molecule has 24 heavy (non-hydrogen) atoms. The van der Waals surface area contributed by atoms with Gasteiger partial charge in [-0.2, -0.15) is 0 Å². The van der Waals surface area contributed by atoms with Crippen molar-refractivity contribution in [3.05, 3.63) is 51.3 Å². The number of rotatable bonds is 2. The van der Waals surface area contributed by atoms with Crippen LogP contribution in [0.4, 0.5) is 5.82 Å². The van der Waals surface area contributed by atoms with Crippen LogP contribution in [0.5, 0.6) is 0 Å². The molecular weight excluding hydrogens is 306 g/mol. The number of hydrogen-bond acceptors (Lipinski definition) is 5. The first-order chi connectivity index (χ1) is 11.5. The number of fused-ring (bicyclic) bond motifs is 1. The van der Waals surface area contributed by atoms with Gasteiger partial charge < -0.3 is 10.2 Å². The highest BCUT2D eigenvalue weighted by Crippen LogP contribution is 2.15. The summed E-state index contributed by atoms with van der Waals surface area (Å²) in [5, 5.41) is 2.94. The summed E-state index contributed by atoms with van der Waals surface area (Å²) in [6, 6.07) is 3.45. The minimum absolute atomic E-state index is 0.00632. The van der Waals surface area contributed by atoms with Gasteiger partial charge in [-0.1, -0.05) is 0 Å². The lowest BCUT2D eigenvalue weighted by Gasteiger charge is -2.20. The SMILES string of the molecule is CNc1cc(C(=O)N2CCc3nc(C)n(C)c(=O)c3CC2)ccn1. The Morgan fingerprint density at radius 1 is 1.29 bits per heavy atom. The first kappa shape index (κ1) is 16.2. The number of nitrogens with one attached hydrogen (secondary N) is 1. The van der Waals surface area contributed by atoms with E-state index < -0.39 is 0 Å². The number of anilines is 1. The molecule has 0 aliphatic carbocycles. The molecule has 7 heteroatoms. The van der Waals surface area contributed by atoms with Crippen LogP contribution in [0.25, 0.3) is 0 Å². The zero-order chi connectivity index (χ0) is 17.3. The highest BCUT2D eigenvalue weighted by Gasteiger charge is 2.23. The van der Waals surface area contributed by atoms with Crippen molar-refractivity contribution in [1.82, 2.24) is 19.4 Å². The number of nitrogens with zero attached hydrogens (tertiary/aromatic N) is 4. The molecule has 0 fully saturated rings. The summed E-state index contributed by atoms with van der Waals surface area (Å²) in [5.74, 6) is 1.31. The van der Waals surface area contributed by atoms with Crippen molar-refractivity contribution in [2.24, 2.45) is 7.05 Å². The molecule has 1 aliphatic heterocycles. The number of amides is 1. The molecule has 2 aromatic heterocycles. The minimum atomic E-state index is -0.0461. The molecular formula is C17H21N5O2. The Bertz CT molecular complexity index is 843. The lowest BCUT2D eigenvalue weighted by Crippen LogP contribution is -2.33. The molecule has 0 aromatic carbocycles. The molecule has 0 radical (unpaired) electrons. The Kier molecular flexibility index (Phi) is 4.33. The smallest absolute Gasteiger partial charge is 0.256 e. The Labute approximate surface area is 140 Å². The largest absolute Gasteiger partial charge is 0.373 e. The van der Waals surface area contributed by atoms with E-state index in [1.165, 1.54) is 0 Å². The van der Waals surface area contributed by atoms with Crippen LogP contribution in [0.15, 0.2) is 23.1 Å². The van der Waals surface area contributed by atoms with E-state index >= 15 is 0 Å². The number of hydrogen-bond donors (Lipinski definition) is 1. The summed E-state index contributed by atoms with van der Waals surface area (Å²) < 4.78 is 1.57. The van der Waals surface area contributed by atoms with Gasteiger partial charge in [-0.15, -0.1) is 0 Å². The van der Waals surface area contributed by atoms with Gasteiger partial charge in [-0.25, -0.2) is 9.97 Å². The molecule has 0 unspecified atom stereocenters. The Hall–Kier alpha value is -2.70. The maximum absolute atomic E-state index is 12.8. The van der Waals surface area contributed by atoms with Crippen molar-refractivity contribution in [2.75, 3.05) is 25.5 Å². The van der Waals surface area contributed by atoms with Gasteiger partial charge in [0.15, 0.2) is 0 Å². The number of aryl methyl sites for hydroxylation is 1. The third-order valence-corrected chi connectivity index (χ3v) is 4.49. The van der Waals surface area contributed by atoms with E-state index in [2.05, 4.69) is 15.3 Å². The maximum Gasteiger partial charge on any atom is 0.256 e. The van der Waals surface area contributed by atoms with E-state index in [1.54, 1.807) is 41.9 Å². The van der Waals surface area contributed by atoms with Gasteiger partial charge in [0.1, 0.15) is 11.6 Å². The van der Waals surface area contributed by atoms with Crippen LogP contribution in [0.1, 0.15) is 27.4 Å². The summed E-state index contributed by atoms with van der Waals surface area (Å²) in [5.41, 5.74) is 2.13. The Morgan fingerprint density at radius 2 is 2.04 bits per heavy atom. The van der Waals surface area contributed by atoms with Crippen molar-refractivity contribution in [1.29, 1.82) is 0 Å². The van der Waals surface area contributed by atoms with Gasteiger partial charge in [0.25, 0.3) is 11.5 Å². The second kappa shape index (κ2) is 6.43. The van der Waals surface area contributed by atoms with E-state index in [0.717, 1.165) is 11.3 Å². The van der Waals surface area contributed by atoms with Gasteiger partial charge in [-0.05, 0) is 25.5 Å². The van der Waals surface area contributed by atoms with Crippen molar-refractivity contribution >= 4 is 11.7 Å². The zero-order valence-corrected chi connectivity index (χ0v) is 14.2. The maximum atomic E-state index is 12.8. The molecule has 0 atom stereocenters. The second-order valence-corrected chi connectivity index (χ2v) is 5.92. The Balaban J connectivity index is 1.85. The van der Waals surface area contributed by atoms with E-state index in [4.69, 9.17) is 0 Å². The highest BCUT2D eigenvalue weighted by atomic mass is 16.2. The third-order valence-electron chi connectivity index (χ3n) is 4.49. The summed E-state index contributed by atoms with van der Waals surface area (Å²) in [7, 11) is 3.50. The fourth-order valence-corrected chi connectivity index (χ4v) is 2.95. The average molecular weight is 327 g/mol. The number of aromatic nitrogens is 3. The molecule has 1 N–H and O–H groups in total. The van der Waals surface area contributed by atoms with Gasteiger partial charge in [0.2, 0.25) is 0 Å². The number of pyridine rings is 1. The molecule has 0 saturated heterocycles. The lowest BCUT2D eigenvalue weighted by atomic mass is 10.1. The predicted molar refractivity (Wildman–Crippen MR) is 91.3 cm³/mol. The first-order valence-electron chi connectivity index (χ1n) is 7.99. The molecule has 3 rings (SSSR count). The number of carbonyl (C=O) groups is 1. The fourth-order valence-electron chi connectivity index (χ4n) is 2.95. The van der Waals surface area contributed by atoms with Crippen LogP contribution in [-0.2, 0) is 19.9 Å². The molecule has 126 valence electrons. The summed E-state index contributed by atoms with van der Waals surface area (Å²) in [6.07, 6.45) is 2.75. The molecule has 2 aromatic rings. The van der Waals surface area contributed by atoms with Crippen molar-refractivity contribution in [3.63, 3.8) is 0 Å². The van der Waals surface area contributed by atoms with Crippen LogP contribution in [0.3, 0.4) is 0 Å². The standard InChI is InChI=1S/C17H21N5O2/c1-11-20-14-6-9-22(8-5-13(14)17(24)21(11)3)16(23)12-4-7-19-15(10-12)18-2/h4,7,10H,5-6,8-9H2,1-3H3,(H,18,19). The summed E-state index contributed by atoms with van der Waals surface area (Å²) >= 11 is 0. The van der Waals surface area contributed by atoms with Crippen LogP contribution in [0, 0.1) is 6.92 Å². The Morgan fingerprint density at radius 3 is 2.79 bits per heavy atom.